The fraction of sp³-hybridized carbons (Fsp3) is 0.200. The Bertz CT molecular complexity index is 743. The number of benzene rings is 1. The average molecular weight is 314 g/mol. The molecule has 6 nitrogen and oxygen atoms in total. The molecule has 1 amide bonds. The molecule has 0 fully saturated rings. The molecule has 0 bridgehead atoms. The van der Waals surface area contributed by atoms with Crippen LogP contribution in [0.4, 0.5) is 11.5 Å². The van der Waals surface area contributed by atoms with Crippen LogP contribution in [-0.4, -0.2) is 29.2 Å². The van der Waals surface area contributed by atoms with E-state index in [1.165, 1.54) is 36.9 Å². The summed E-state index contributed by atoms with van der Waals surface area (Å²) in [7, 11) is 1.52. The van der Waals surface area contributed by atoms with Crippen molar-refractivity contribution in [1.29, 1.82) is 5.26 Å². The second-order valence-corrected chi connectivity index (χ2v) is 5.01. The smallest absolute Gasteiger partial charge is 0.229 e. The number of anilines is 2. The van der Waals surface area contributed by atoms with Gasteiger partial charge in [-0.05, 0) is 18.4 Å². The Kier molecular flexibility index (Phi) is 4.96. The number of carbonyl (C=O) groups excluding carboxylic acids is 1. The zero-order valence-electron chi connectivity index (χ0n) is 12.4. The van der Waals surface area contributed by atoms with Crippen LogP contribution < -0.4 is 9.64 Å². The van der Waals surface area contributed by atoms with Crippen LogP contribution in [0.15, 0.2) is 35.6 Å². The Morgan fingerprint density at radius 1 is 1.41 bits per heavy atom. The zero-order valence-corrected chi connectivity index (χ0v) is 13.2. The lowest BCUT2D eigenvalue weighted by molar-refractivity contribution is -0.115. The number of rotatable bonds is 4. The maximum absolute atomic E-state index is 12.2. The molecule has 0 unspecified atom stereocenters. The molecule has 1 heterocycles. The Hall–Kier alpha value is -2.59. The average Bonchev–Trinajstić information content (AvgIpc) is 2.55. The van der Waals surface area contributed by atoms with Gasteiger partial charge in [-0.1, -0.05) is 23.9 Å². The lowest BCUT2D eigenvalue weighted by Gasteiger charge is -2.23. The van der Waals surface area contributed by atoms with Gasteiger partial charge in [0, 0.05) is 6.92 Å². The molecule has 1 aromatic carbocycles. The maximum Gasteiger partial charge on any atom is 0.229 e. The van der Waals surface area contributed by atoms with Crippen LogP contribution in [0.1, 0.15) is 12.5 Å². The number of hydrogen-bond donors (Lipinski definition) is 0. The Balaban J connectivity index is 2.68. The summed E-state index contributed by atoms with van der Waals surface area (Å²) in [5.41, 5.74) is 0.749. The minimum absolute atomic E-state index is 0.221. The molecule has 0 radical (unpaired) electrons. The summed E-state index contributed by atoms with van der Waals surface area (Å²) in [6.45, 7) is 1.41. The van der Waals surface area contributed by atoms with Crippen LogP contribution in [-0.2, 0) is 4.79 Å². The van der Waals surface area contributed by atoms with Crippen LogP contribution >= 0.6 is 11.8 Å². The van der Waals surface area contributed by atoms with Gasteiger partial charge in [-0.3, -0.25) is 9.69 Å². The number of nitrogens with zero attached hydrogens (tertiary/aromatic N) is 4. The van der Waals surface area contributed by atoms with Gasteiger partial charge in [0.1, 0.15) is 17.4 Å². The largest absolute Gasteiger partial charge is 0.495 e. The lowest BCUT2D eigenvalue weighted by Crippen LogP contribution is -2.25. The molecule has 0 aliphatic rings. The second-order valence-electron chi connectivity index (χ2n) is 4.23. The van der Waals surface area contributed by atoms with Gasteiger partial charge in [-0.25, -0.2) is 9.97 Å². The van der Waals surface area contributed by atoms with Gasteiger partial charge in [0.2, 0.25) is 5.91 Å². The van der Waals surface area contributed by atoms with Crippen molar-refractivity contribution in [3.8, 4) is 11.8 Å². The van der Waals surface area contributed by atoms with Crippen molar-refractivity contribution < 1.29 is 9.53 Å². The number of nitriles is 1. The number of carbonyl (C=O) groups is 1. The summed E-state index contributed by atoms with van der Waals surface area (Å²) < 4.78 is 5.30. The highest BCUT2D eigenvalue weighted by atomic mass is 32.2. The first-order valence-electron chi connectivity index (χ1n) is 6.37. The molecule has 0 spiro atoms. The molecule has 2 aromatic rings. The highest BCUT2D eigenvalue weighted by molar-refractivity contribution is 7.98. The molecule has 0 atom stereocenters. The second kappa shape index (κ2) is 6.91. The van der Waals surface area contributed by atoms with E-state index in [1.807, 2.05) is 12.3 Å². The van der Waals surface area contributed by atoms with Crippen LogP contribution in [0.5, 0.6) is 5.75 Å². The Morgan fingerprint density at radius 3 is 2.73 bits per heavy atom. The summed E-state index contributed by atoms with van der Waals surface area (Å²) in [5, 5.41) is 9.76. The number of aromatic nitrogens is 2. The van der Waals surface area contributed by atoms with Gasteiger partial charge in [-0.15, -0.1) is 0 Å². The topological polar surface area (TPSA) is 79.1 Å². The monoisotopic (exact) mass is 314 g/mol. The van der Waals surface area contributed by atoms with Crippen LogP contribution in [0, 0.1) is 11.3 Å². The van der Waals surface area contributed by atoms with Crippen molar-refractivity contribution in [3.05, 3.63) is 36.0 Å². The van der Waals surface area contributed by atoms with E-state index >= 15 is 0 Å². The van der Waals surface area contributed by atoms with Crippen molar-refractivity contribution >= 4 is 29.2 Å². The number of thioether (sulfide) groups is 1. The summed E-state index contributed by atoms with van der Waals surface area (Å²) in [4.78, 5) is 21.9. The number of hydrogen-bond acceptors (Lipinski definition) is 6. The van der Waals surface area contributed by atoms with Gasteiger partial charge in [0.25, 0.3) is 0 Å². The van der Waals surface area contributed by atoms with E-state index in [2.05, 4.69) is 9.97 Å². The Morgan fingerprint density at radius 2 is 2.14 bits per heavy atom. The van der Waals surface area contributed by atoms with Crippen LogP contribution in [0.25, 0.3) is 0 Å². The minimum Gasteiger partial charge on any atom is -0.495 e. The van der Waals surface area contributed by atoms with E-state index in [9.17, 15) is 10.1 Å². The normalized spacial score (nSPS) is 9.91. The van der Waals surface area contributed by atoms with E-state index in [0.717, 1.165) is 0 Å². The number of amides is 1. The third-order valence-electron chi connectivity index (χ3n) is 2.90. The van der Waals surface area contributed by atoms with Crippen molar-refractivity contribution in [2.45, 2.75) is 12.1 Å². The van der Waals surface area contributed by atoms with Crippen molar-refractivity contribution in [2.75, 3.05) is 18.3 Å². The quantitative estimate of drug-likeness (QED) is 0.638. The SMILES string of the molecule is COc1ccccc1N(C(C)=O)c1nc(SC)ncc1C#N. The number of ether oxygens (including phenoxy) is 1. The summed E-state index contributed by atoms with van der Waals surface area (Å²) in [5.74, 6) is 0.497. The van der Waals surface area contributed by atoms with Gasteiger partial charge < -0.3 is 4.74 Å². The highest BCUT2D eigenvalue weighted by Gasteiger charge is 2.23. The van der Waals surface area contributed by atoms with Gasteiger partial charge in [-0.2, -0.15) is 5.26 Å². The first-order valence-corrected chi connectivity index (χ1v) is 7.59. The number of para-hydroxylation sites is 2. The van der Waals surface area contributed by atoms with Crippen molar-refractivity contribution in [1.82, 2.24) is 9.97 Å². The van der Waals surface area contributed by atoms with Crippen molar-refractivity contribution in [3.63, 3.8) is 0 Å². The maximum atomic E-state index is 12.2. The third-order valence-corrected chi connectivity index (χ3v) is 3.46. The molecule has 112 valence electrons. The van der Waals surface area contributed by atoms with Crippen LogP contribution in [0.3, 0.4) is 0 Å². The fourth-order valence-electron chi connectivity index (χ4n) is 1.95. The summed E-state index contributed by atoms with van der Waals surface area (Å²) >= 11 is 1.34. The molecule has 0 saturated heterocycles. The molecule has 0 aliphatic carbocycles. The standard InChI is InChI=1S/C15H14N4O2S/c1-10(20)19(12-6-4-5-7-13(12)21-2)14-11(8-16)9-17-15(18-14)22-3/h4-7,9H,1-3H3. The van der Waals surface area contributed by atoms with E-state index in [-0.39, 0.29) is 17.3 Å². The lowest BCUT2D eigenvalue weighted by atomic mass is 10.2. The third kappa shape index (κ3) is 3.02. The van der Waals surface area contributed by atoms with Gasteiger partial charge in [0.15, 0.2) is 11.0 Å². The fourth-order valence-corrected chi connectivity index (χ4v) is 2.29. The molecular formula is C15H14N4O2S. The Labute approximate surface area is 132 Å². The molecular weight excluding hydrogens is 300 g/mol. The predicted octanol–water partition coefficient (Wildman–Crippen LogP) is 2.76. The van der Waals surface area contributed by atoms with E-state index in [0.29, 0.717) is 16.6 Å². The van der Waals surface area contributed by atoms with E-state index < -0.39 is 0 Å². The summed E-state index contributed by atoms with van der Waals surface area (Å²) in [6, 6.07) is 9.10. The van der Waals surface area contributed by atoms with Gasteiger partial charge >= 0.3 is 0 Å². The molecule has 0 saturated carbocycles. The first-order chi connectivity index (χ1) is 10.6. The molecule has 22 heavy (non-hydrogen) atoms. The zero-order chi connectivity index (χ0) is 16.1. The van der Waals surface area contributed by atoms with Crippen LogP contribution in [0.2, 0.25) is 0 Å². The predicted molar refractivity (Wildman–Crippen MR) is 84.3 cm³/mol. The highest BCUT2D eigenvalue weighted by Crippen LogP contribution is 2.34. The van der Waals surface area contributed by atoms with E-state index in [1.54, 1.807) is 24.3 Å². The molecule has 1 aromatic heterocycles. The minimum atomic E-state index is -0.272. The molecule has 2 rings (SSSR count). The molecule has 7 heteroatoms. The van der Waals surface area contributed by atoms with E-state index in [4.69, 9.17) is 4.74 Å². The first kappa shape index (κ1) is 15.8. The molecule has 0 aliphatic heterocycles. The van der Waals surface area contributed by atoms with Crippen molar-refractivity contribution in [2.24, 2.45) is 0 Å². The number of methoxy groups -OCH3 is 1. The van der Waals surface area contributed by atoms with Gasteiger partial charge in [0.05, 0.1) is 19.0 Å². The summed E-state index contributed by atoms with van der Waals surface area (Å²) in [6.07, 6.45) is 3.24. The molecule has 0 N–H and O–H groups in total.